The molecule has 2 aromatic carbocycles. The Labute approximate surface area is 268 Å². The summed E-state index contributed by atoms with van der Waals surface area (Å²) in [5.41, 5.74) is 2.79. The van der Waals surface area contributed by atoms with Crippen molar-refractivity contribution in [3.63, 3.8) is 0 Å². The van der Waals surface area contributed by atoms with E-state index in [2.05, 4.69) is 114 Å². The SMILES string of the molecule is CC(C)(C)c1ccc(OC2CCCCC2C#CCOS(=O)OCC#CC2CCCCC2Oc2ccc(C(C)(C)C)cc2)cc1. The number of hydrogen-bond donors (Lipinski definition) is 0. The molecule has 0 bridgehead atoms. The molecule has 0 N–H and O–H groups in total. The normalized spacial score (nSPS) is 23.0. The van der Waals surface area contributed by atoms with Crippen LogP contribution in [0.2, 0.25) is 0 Å². The molecular weight excluding hydrogens is 568 g/mol. The smallest absolute Gasteiger partial charge is 0.306 e. The van der Waals surface area contributed by atoms with Crippen LogP contribution in [0.15, 0.2) is 48.5 Å². The van der Waals surface area contributed by atoms with Crippen molar-refractivity contribution < 1.29 is 22.0 Å². The Balaban J connectivity index is 1.20. The third-order valence-electron chi connectivity index (χ3n) is 8.45. The summed E-state index contributed by atoms with van der Waals surface area (Å²) in [5, 5.41) is 0. The van der Waals surface area contributed by atoms with Crippen molar-refractivity contribution in [2.24, 2.45) is 11.8 Å². The molecule has 4 rings (SSSR count). The average molecular weight is 619 g/mol. The molecule has 0 amide bonds. The lowest BCUT2D eigenvalue weighted by molar-refractivity contribution is 0.121. The fourth-order valence-corrected chi connectivity index (χ4v) is 6.14. The Hall–Kier alpha value is -2.77. The van der Waals surface area contributed by atoms with E-state index in [0.717, 1.165) is 62.9 Å². The molecule has 2 aliphatic carbocycles. The first-order valence-electron chi connectivity index (χ1n) is 16.2. The zero-order chi connectivity index (χ0) is 31.6. The molecule has 0 radical (unpaired) electrons. The van der Waals surface area contributed by atoms with Crippen LogP contribution in [0.5, 0.6) is 11.5 Å². The molecule has 238 valence electrons. The van der Waals surface area contributed by atoms with Crippen molar-refractivity contribution >= 4 is 11.4 Å². The molecule has 2 fully saturated rings. The largest absolute Gasteiger partial charge is 0.489 e. The van der Waals surface area contributed by atoms with Crippen LogP contribution in [0.1, 0.15) is 104 Å². The van der Waals surface area contributed by atoms with Gasteiger partial charge < -0.3 is 9.47 Å². The summed E-state index contributed by atoms with van der Waals surface area (Å²) >= 11 is -1.90. The van der Waals surface area contributed by atoms with Gasteiger partial charge in [0, 0.05) is 0 Å². The maximum absolute atomic E-state index is 12.2. The van der Waals surface area contributed by atoms with Crippen LogP contribution in [0.25, 0.3) is 0 Å². The van der Waals surface area contributed by atoms with Crippen molar-refractivity contribution in [2.75, 3.05) is 13.2 Å². The highest BCUT2D eigenvalue weighted by atomic mass is 32.2. The van der Waals surface area contributed by atoms with E-state index in [0.29, 0.717) is 0 Å². The second-order valence-electron chi connectivity index (χ2n) is 14.0. The van der Waals surface area contributed by atoms with Crippen molar-refractivity contribution in [2.45, 2.75) is 116 Å². The second kappa shape index (κ2) is 16.0. The Morgan fingerprint density at radius 2 is 0.977 bits per heavy atom. The molecule has 0 spiro atoms. The lowest BCUT2D eigenvalue weighted by Crippen LogP contribution is -2.29. The Morgan fingerprint density at radius 1 is 0.614 bits per heavy atom. The van der Waals surface area contributed by atoms with Gasteiger partial charge >= 0.3 is 11.4 Å². The summed E-state index contributed by atoms with van der Waals surface area (Å²) in [6.45, 7) is 13.3. The zero-order valence-corrected chi connectivity index (χ0v) is 28.3. The third kappa shape index (κ3) is 10.7. The van der Waals surface area contributed by atoms with E-state index in [1.807, 2.05) is 0 Å². The molecule has 2 aromatic rings. The van der Waals surface area contributed by atoms with E-state index in [9.17, 15) is 4.21 Å². The van der Waals surface area contributed by atoms with Gasteiger partial charge in [0.05, 0.1) is 11.8 Å². The Kier molecular flexibility index (Phi) is 12.4. The molecule has 2 aliphatic rings. The maximum atomic E-state index is 12.2. The number of rotatable bonds is 8. The molecule has 4 atom stereocenters. The number of ether oxygens (including phenoxy) is 2. The lowest BCUT2D eigenvalue weighted by atomic mass is 9.86. The van der Waals surface area contributed by atoms with Crippen LogP contribution in [0, 0.1) is 35.5 Å². The number of benzene rings is 2. The summed E-state index contributed by atoms with van der Waals surface area (Å²) in [4.78, 5) is 0. The highest BCUT2D eigenvalue weighted by Gasteiger charge is 2.27. The van der Waals surface area contributed by atoms with Crippen molar-refractivity contribution in [1.29, 1.82) is 0 Å². The average Bonchev–Trinajstić information content (AvgIpc) is 2.99. The highest BCUT2D eigenvalue weighted by molar-refractivity contribution is 7.75. The molecule has 44 heavy (non-hydrogen) atoms. The van der Waals surface area contributed by atoms with E-state index >= 15 is 0 Å². The van der Waals surface area contributed by atoms with Gasteiger partial charge in [0.15, 0.2) is 0 Å². The molecule has 6 heteroatoms. The molecule has 0 aromatic heterocycles. The van der Waals surface area contributed by atoms with Gasteiger partial charge in [-0.15, -0.1) is 0 Å². The topological polar surface area (TPSA) is 54.0 Å². The van der Waals surface area contributed by atoms with E-state index in [-0.39, 0.29) is 48.1 Å². The van der Waals surface area contributed by atoms with Crippen molar-refractivity contribution in [1.82, 2.24) is 0 Å². The summed E-state index contributed by atoms with van der Waals surface area (Å²) in [7, 11) is 0. The van der Waals surface area contributed by atoms with Gasteiger partial charge in [-0.25, -0.2) is 0 Å². The second-order valence-corrected chi connectivity index (χ2v) is 14.9. The van der Waals surface area contributed by atoms with Crippen LogP contribution in [-0.4, -0.2) is 29.6 Å². The number of hydrogen-bond acceptors (Lipinski definition) is 5. The molecule has 0 heterocycles. The lowest BCUT2D eigenvalue weighted by Gasteiger charge is -2.29. The minimum absolute atomic E-state index is 0.0378. The molecular formula is C38H50O5S. The molecule has 0 aliphatic heterocycles. The van der Waals surface area contributed by atoms with Crippen LogP contribution in [-0.2, 0) is 30.6 Å². The predicted octanol–water partition coefficient (Wildman–Crippen LogP) is 8.48. The quantitative estimate of drug-likeness (QED) is 0.278. The fraction of sp³-hybridized carbons (Fsp3) is 0.579. The summed E-state index contributed by atoms with van der Waals surface area (Å²) in [6.07, 6.45) is 8.56. The van der Waals surface area contributed by atoms with Gasteiger partial charge in [-0.05, 0) is 84.7 Å². The minimum Gasteiger partial charge on any atom is -0.489 e. The molecule has 4 unspecified atom stereocenters. The van der Waals surface area contributed by atoms with Gasteiger partial charge in [0.25, 0.3) is 0 Å². The monoisotopic (exact) mass is 618 g/mol. The van der Waals surface area contributed by atoms with Crippen molar-refractivity contribution in [3.05, 3.63) is 59.7 Å². The predicted molar refractivity (Wildman–Crippen MR) is 179 cm³/mol. The van der Waals surface area contributed by atoms with Gasteiger partial charge in [-0.3, -0.25) is 8.37 Å². The summed E-state index contributed by atoms with van der Waals surface area (Å²) < 4.78 is 35.5. The van der Waals surface area contributed by atoms with Crippen LogP contribution in [0.4, 0.5) is 0 Å². The van der Waals surface area contributed by atoms with Crippen LogP contribution >= 0.6 is 0 Å². The van der Waals surface area contributed by atoms with E-state index in [4.69, 9.17) is 17.8 Å². The highest BCUT2D eigenvalue weighted by Crippen LogP contribution is 2.31. The third-order valence-corrected chi connectivity index (χ3v) is 9.07. The van der Waals surface area contributed by atoms with Gasteiger partial charge in [-0.1, -0.05) is 102 Å². The minimum atomic E-state index is -1.90. The van der Waals surface area contributed by atoms with Crippen LogP contribution in [0.3, 0.4) is 0 Å². The molecule has 2 saturated carbocycles. The molecule has 5 nitrogen and oxygen atoms in total. The van der Waals surface area contributed by atoms with Crippen LogP contribution < -0.4 is 9.47 Å². The first-order valence-corrected chi connectivity index (χ1v) is 17.2. The first-order chi connectivity index (χ1) is 21.0. The summed E-state index contributed by atoms with van der Waals surface area (Å²) in [6, 6.07) is 16.8. The van der Waals surface area contributed by atoms with Gasteiger partial charge in [0.2, 0.25) is 0 Å². The zero-order valence-electron chi connectivity index (χ0n) is 27.4. The Bertz CT molecular complexity index is 1230. The summed E-state index contributed by atoms with van der Waals surface area (Å²) in [5.74, 6) is 14.7. The van der Waals surface area contributed by atoms with Crippen molar-refractivity contribution in [3.8, 4) is 35.2 Å². The van der Waals surface area contributed by atoms with E-state index in [1.54, 1.807) is 0 Å². The molecule has 0 saturated heterocycles. The maximum Gasteiger partial charge on any atom is 0.306 e. The van der Waals surface area contributed by atoms with E-state index in [1.165, 1.54) is 11.1 Å². The Morgan fingerprint density at radius 3 is 1.34 bits per heavy atom. The van der Waals surface area contributed by atoms with Gasteiger partial charge in [-0.2, -0.15) is 4.21 Å². The fourth-order valence-electron chi connectivity index (χ4n) is 5.76. The first kappa shape index (κ1) is 34.1. The standard InChI is InChI=1S/C38H50O5S/c1-37(2,3)31-19-23-33(24-20-31)42-35-17-9-7-13-29(35)15-11-27-40-44(39)41-28-12-16-30-14-8-10-18-36(30)43-34-25-21-32(22-26-34)38(4,5)6/h19-26,29-30,35-36H,7-10,13-14,17-18,27-28H2,1-6H3. The van der Waals surface area contributed by atoms with E-state index < -0.39 is 11.4 Å². The van der Waals surface area contributed by atoms with Gasteiger partial charge in [0.1, 0.15) is 36.9 Å².